The molecule has 3 saturated heterocycles. The summed E-state index contributed by atoms with van der Waals surface area (Å²) in [6.45, 7) is 1.55. The van der Waals surface area contributed by atoms with Crippen molar-refractivity contribution in [1.82, 2.24) is 5.32 Å². The van der Waals surface area contributed by atoms with Gasteiger partial charge < -0.3 is 89.9 Å². The molecule has 0 radical (unpaired) electrons. The normalized spacial score (nSPS) is 30.4. The first-order valence-electron chi connectivity index (χ1n) is 30.3. The minimum atomic E-state index is -1.99. The van der Waals surface area contributed by atoms with Gasteiger partial charge in [-0.3, -0.25) is 4.79 Å². The summed E-state index contributed by atoms with van der Waals surface area (Å²) in [5, 5.41) is 120. The molecule has 0 bridgehead atoms. The molecular weight excluding hydrogens is 1050 g/mol. The van der Waals surface area contributed by atoms with Crippen LogP contribution in [0.3, 0.4) is 0 Å². The molecule has 0 aromatic carbocycles. The van der Waals surface area contributed by atoms with E-state index in [0.29, 0.717) is 6.42 Å². The number of ether oxygens (including phenoxy) is 6. The van der Waals surface area contributed by atoms with Crippen LogP contribution in [-0.4, -0.2) is 193 Å². The second-order valence-electron chi connectivity index (χ2n) is 21.4. The number of nitrogens with one attached hydrogen (secondary N) is 1. The van der Waals surface area contributed by atoms with Crippen molar-refractivity contribution >= 4 is 5.91 Å². The first kappa shape index (κ1) is 72.2. The highest BCUT2D eigenvalue weighted by atomic mass is 16.8. The van der Waals surface area contributed by atoms with Crippen molar-refractivity contribution in [1.29, 1.82) is 0 Å². The van der Waals surface area contributed by atoms with Gasteiger partial charge in [-0.05, 0) is 70.6 Å². The van der Waals surface area contributed by atoms with Crippen LogP contribution in [0, 0.1) is 0 Å². The maximum Gasteiger partial charge on any atom is 0.220 e. The molecule has 3 heterocycles. The Morgan fingerprint density at radius 2 is 0.852 bits per heavy atom. The van der Waals surface area contributed by atoms with E-state index in [0.717, 1.165) is 77.0 Å². The minimum Gasteiger partial charge on any atom is -0.394 e. The van der Waals surface area contributed by atoms with Gasteiger partial charge in [-0.1, -0.05) is 176 Å². The fourth-order valence-corrected chi connectivity index (χ4v) is 9.72. The van der Waals surface area contributed by atoms with E-state index in [2.05, 4.69) is 92.1 Å². The number of aliphatic hydroxyl groups is 11. The number of hydrogen-bond donors (Lipinski definition) is 12. The summed E-state index contributed by atoms with van der Waals surface area (Å²) in [6.07, 6.45) is 27.0. The first-order valence-corrected chi connectivity index (χ1v) is 30.3. The number of allylic oxidation sites excluding steroid dienone is 13. The Bertz CT molecular complexity index is 1810. The maximum absolute atomic E-state index is 13.3. The van der Waals surface area contributed by atoms with Crippen LogP contribution in [0.5, 0.6) is 0 Å². The van der Waals surface area contributed by atoms with Crippen molar-refractivity contribution < 1.29 is 89.4 Å². The Balaban J connectivity index is 1.52. The summed E-state index contributed by atoms with van der Waals surface area (Å²) in [7, 11) is 0. The van der Waals surface area contributed by atoms with Gasteiger partial charge in [0, 0.05) is 6.42 Å². The maximum atomic E-state index is 13.3. The van der Waals surface area contributed by atoms with E-state index in [1.54, 1.807) is 6.08 Å². The van der Waals surface area contributed by atoms with Crippen molar-refractivity contribution in [2.24, 2.45) is 0 Å². The fraction of sp³-hybridized carbons (Fsp3) is 0.758. The Hall–Kier alpha value is -3.03. The molecule has 17 unspecified atom stereocenters. The molecule has 1 amide bonds. The topological polar surface area (TPSA) is 307 Å². The average Bonchev–Trinajstić information content (AvgIpc) is 3.46. The lowest BCUT2D eigenvalue weighted by atomic mass is 9.96. The zero-order valence-corrected chi connectivity index (χ0v) is 48.5. The van der Waals surface area contributed by atoms with Gasteiger partial charge in [0.05, 0.1) is 38.6 Å². The quantitative estimate of drug-likeness (QED) is 0.0261. The standard InChI is InChI=1S/C62H105NO18/c1-3-5-7-9-11-13-15-17-19-20-21-22-23-24-26-28-30-32-34-36-38-40-50(68)63-45(46(67)39-37-35-33-31-29-27-25-18-16-14-12-10-8-6-4-2)44-76-60-56(74)53(71)58(48(42-65)78-60)81-62-57(75)54(72)59(49(43-66)79-62)80-61-55(73)52(70)51(69)47(41-64)77-61/h5,7,11,13,17,19,21-22,24,26,30,32,37,39,45-49,51-62,64-67,69-75H,3-4,6,8-10,12,14-16,18,20,23,25,27-29,31,33-36,38,40-44H2,1-2H3,(H,63,68)/b7-5-,13-11-,19-17-,22-21-,26-24-,32-30-,39-37+. The van der Waals surface area contributed by atoms with Crippen LogP contribution < -0.4 is 5.32 Å². The van der Waals surface area contributed by atoms with Crippen LogP contribution in [0.4, 0.5) is 0 Å². The van der Waals surface area contributed by atoms with Gasteiger partial charge in [-0.15, -0.1) is 0 Å². The van der Waals surface area contributed by atoms with E-state index < -0.39 is 124 Å². The lowest BCUT2D eigenvalue weighted by Crippen LogP contribution is -2.66. The summed E-state index contributed by atoms with van der Waals surface area (Å²) in [4.78, 5) is 13.3. The van der Waals surface area contributed by atoms with E-state index >= 15 is 0 Å². The largest absolute Gasteiger partial charge is 0.394 e. The van der Waals surface area contributed by atoms with Gasteiger partial charge in [0.25, 0.3) is 0 Å². The molecule has 3 fully saturated rings. The van der Waals surface area contributed by atoms with Gasteiger partial charge in [-0.2, -0.15) is 0 Å². The monoisotopic (exact) mass is 1150 g/mol. The SMILES string of the molecule is CC/C=C\C/C=C\C/C=C\C/C=C\C/C=C\C/C=C\CCCCC(=O)NC(COC1OC(CO)C(OC2OC(CO)C(OC3OC(CO)C(O)C(O)C3O)C(O)C2O)C(O)C1O)C(O)/C=C/CCCCCCCCCCCCCCC. The number of carbonyl (C=O) groups excluding carboxylic acids is 1. The van der Waals surface area contributed by atoms with E-state index in [1.165, 1.54) is 64.2 Å². The van der Waals surface area contributed by atoms with E-state index in [1.807, 2.05) is 6.08 Å². The van der Waals surface area contributed by atoms with E-state index in [9.17, 15) is 61.0 Å². The highest BCUT2D eigenvalue weighted by molar-refractivity contribution is 5.76. The lowest BCUT2D eigenvalue weighted by molar-refractivity contribution is -0.379. The summed E-state index contributed by atoms with van der Waals surface area (Å²) in [5.74, 6) is -0.322. The number of amides is 1. The second-order valence-corrected chi connectivity index (χ2v) is 21.4. The predicted octanol–water partition coefficient (Wildman–Crippen LogP) is 5.59. The Morgan fingerprint density at radius 3 is 1.33 bits per heavy atom. The second kappa shape index (κ2) is 44.4. The number of carbonyl (C=O) groups is 1. The average molecular weight is 1150 g/mol. The van der Waals surface area contributed by atoms with Gasteiger partial charge in [0.1, 0.15) is 73.2 Å². The summed E-state index contributed by atoms with van der Waals surface area (Å²) in [5.41, 5.74) is 0. The zero-order valence-electron chi connectivity index (χ0n) is 48.5. The van der Waals surface area contributed by atoms with Crippen molar-refractivity contribution in [3.05, 3.63) is 85.1 Å². The Morgan fingerprint density at radius 1 is 0.457 bits per heavy atom. The molecule has 466 valence electrons. The Labute approximate surface area is 482 Å². The van der Waals surface area contributed by atoms with Crippen LogP contribution >= 0.6 is 0 Å². The third-order valence-corrected chi connectivity index (χ3v) is 14.7. The molecule has 0 spiro atoms. The predicted molar refractivity (Wildman–Crippen MR) is 309 cm³/mol. The molecule has 3 aliphatic heterocycles. The third-order valence-electron chi connectivity index (χ3n) is 14.7. The molecular formula is C62H105NO18. The van der Waals surface area contributed by atoms with Crippen LogP contribution in [0.15, 0.2) is 85.1 Å². The molecule has 19 nitrogen and oxygen atoms in total. The molecule has 0 aromatic heterocycles. The molecule has 12 N–H and O–H groups in total. The summed E-state index contributed by atoms with van der Waals surface area (Å²) >= 11 is 0. The highest BCUT2D eigenvalue weighted by Crippen LogP contribution is 2.33. The van der Waals surface area contributed by atoms with Crippen molar-refractivity contribution in [3.8, 4) is 0 Å². The number of unbranched alkanes of at least 4 members (excludes halogenated alkanes) is 15. The van der Waals surface area contributed by atoms with Crippen LogP contribution in [0.2, 0.25) is 0 Å². The molecule has 0 aliphatic carbocycles. The molecule has 0 saturated carbocycles. The number of aliphatic hydroxyl groups excluding tert-OH is 11. The van der Waals surface area contributed by atoms with Crippen LogP contribution in [-0.2, 0) is 33.2 Å². The summed E-state index contributed by atoms with van der Waals surface area (Å²) < 4.78 is 34.2. The van der Waals surface area contributed by atoms with E-state index in [-0.39, 0.29) is 18.9 Å². The third kappa shape index (κ3) is 28.1. The van der Waals surface area contributed by atoms with E-state index in [4.69, 9.17) is 28.4 Å². The zero-order chi connectivity index (χ0) is 59.0. The smallest absolute Gasteiger partial charge is 0.220 e. The highest BCUT2D eigenvalue weighted by Gasteiger charge is 2.53. The van der Waals surface area contributed by atoms with Gasteiger partial charge in [0.15, 0.2) is 18.9 Å². The van der Waals surface area contributed by atoms with Crippen molar-refractivity contribution in [2.75, 3.05) is 26.4 Å². The molecule has 3 aliphatic rings. The Kier molecular flexibility index (Phi) is 39.6. The van der Waals surface area contributed by atoms with Crippen LogP contribution in [0.25, 0.3) is 0 Å². The number of rotatable bonds is 43. The molecule has 19 heteroatoms. The molecule has 17 atom stereocenters. The fourth-order valence-electron chi connectivity index (χ4n) is 9.72. The van der Waals surface area contributed by atoms with Gasteiger partial charge >= 0.3 is 0 Å². The number of hydrogen-bond acceptors (Lipinski definition) is 18. The van der Waals surface area contributed by atoms with Crippen LogP contribution in [0.1, 0.15) is 168 Å². The summed E-state index contributed by atoms with van der Waals surface area (Å²) in [6, 6.07) is -1.00. The molecule has 81 heavy (non-hydrogen) atoms. The lowest BCUT2D eigenvalue weighted by Gasteiger charge is -2.48. The molecule has 0 aromatic rings. The van der Waals surface area contributed by atoms with Gasteiger partial charge in [-0.25, -0.2) is 0 Å². The molecule has 3 rings (SSSR count). The van der Waals surface area contributed by atoms with Gasteiger partial charge in [0.2, 0.25) is 5.91 Å². The minimum absolute atomic E-state index is 0.183. The van der Waals surface area contributed by atoms with Crippen molar-refractivity contribution in [2.45, 2.75) is 272 Å². The first-order chi connectivity index (χ1) is 39.3. The van der Waals surface area contributed by atoms with Crippen molar-refractivity contribution in [3.63, 3.8) is 0 Å².